The third-order valence-electron chi connectivity index (χ3n) is 6.55. The molecule has 1 aliphatic carbocycles. The predicted molar refractivity (Wildman–Crippen MR) is 101 cm³/mol. The normalized spacial score (nSPS) is 26.0. The van der Waals surface area contributed by atoms with Crippen molar-refractivity contribution in [2.24, 2.45) is 5.73 Å². The Bertz CT molecular complexity index is 872. The average molecular weight is 389 g/mol. The number of aromatic amines is 1. The summed E-state index contributed by atoms with van der Waals surface area (Å²) in [5.74, 6) is -0.830. The predicted octanol–water partition coefficient (Wildman–Crippen LogP) is 0.0316. The Kier molecular flexibility index (Phi) is 4.76. The number of fused-ring (bicyclic) bond motifs is 2. The van der Waals surface area contributed by atoms with Gasteiger partial charge in [-0.1, -0.05) is 0 Å². The first-order valence-electron chi connectivity index (χ1n) is 10.1. The van der Waals surface area contributed by atoms with Crippen molar-refractivity contribution < 1.29 is 14.4 Å². The van der Waals surface area contributed by atoms with Crippen molar-refractivity contribution >= 4 is 17.7 Å². The van der Waals surface area contributed by atoms with Crippen molar-refractivity contribution in [2.45, 2.75) is 75.9 Å². The van der Waals surface area contributed by atoms with Gasteiger partial charge in [0.25, 0.3) is 5.91 Å². The highest BCUT2D eigenvalue weighted by atomic mass is 16.2. The number of imidazole rings is 1. The molecule has 2 atom stereocenters. The molecule has 4 N–H and O–H groups in total. The van der Waals surface area contributed by atoms with E-state index in [2.05, 4.69) is 10.3 Å². The smallest absolute Gasteiger partial charge is 0.326 e. The van der Waals surface area contributed by atoms with Crippen LogP contribution >= 0.6 is 0 Å². The molecular formula is C19H27N5O4. The van der Waals surface area contributed by atoms with Gasteiger partial charge in [0.15, 0.2) is 0 Å². The zero-order valence-electron chi connectivity index (χ0n) is 16.0. The number of nitrogens with two attached hydrogens (primary N) is 1. The van der Waals surface area contributed by atoms with Crippen LogP contribution in [0.4, 0.5) is 0 Å². The van der Waals surface area contributed by atoms with Crippen LogP contribution in [0, 0.1) is 0 Å². The lowest BCUT2D eigenvalue weighted by Gasteiger charge is -2.33. The van der Waals surface area contributed by atoms with Crippen molar-refractivity contribution in [3.8, 4) is 0 Å². The van der Waals surface area contributed by atoms with Crippen LogP contribution in [0.25, 0.3) is 0 Å². The fraction of sp³-hybridized carbons (Fsp3) is 0.684. The maximum Gasteiger partial charge on any atom is 0.326 e. The van der Waals surface area contributed by atoms with E-state index in [9.17, 15) is 19.2 Å². The van der Waals surface area contributed by atoms with Gasteiger partial charge >= 0.3 is 5.69 Å². The largest absolute Gasteiger partial charge is 0.370 e. The van der Waals surface area contributed by atoms with Crippen LogP contribution in [0.5, 0.6) is 0 Å². The van der Waals surface area contributed by atoms with Gasteiger partial charge in [-0.3, -0.25) is 19.0 Å². The van der Waals surface area contributed by atoms with Gasteiger partial charge in [0.2, 0.25) is 11.8 Å². The van der Waals surface area contributed by atoms with E-state index in [1.807, 2.05) is 0 Å². The summed E-state index contributed by atoms with van der Waals surface area (Å²) in [4.78, 5) is 53.3. The van der Waals surface area contributed by atoms with Gasteiger partial charge in [0.1, 0.15) is 5.69 Å². The molecular weight excluding hydrogens is 362 g/mol. The number of hydrogen-bond acceptors (Lipinski definition) is 4. The molecule has 1 saturated carbocycles. The summed E-state index contributed by atoms with van der Waals surface area (Å²) in [7, 11) is 0. The number of aromatic nitrogens is 2. The minimum Gasteiger partial charge on any atom is -0.370 e. The van der Waals surface area contributed by atoms with Crippen LogP contribution in [0.2, 0.25) is 0 Å². The summed E-state index contributed by atoms with van der Waals surface area (Å²) in [5.41, 5.74) is 5.63. The SMILES string of the molecule is NC(=O)CCC(=O)N1CC[C@]2(NC(=O)c3[nH]c(=O)n4c3CCCC4)CCC[C@H]12. The number of amides is 3. The molecule has 0 spiro atoms. The minimum atomic E-state index is -0.485. The van der Waals surface area contributed by atoms with Gasteiger partial charge in [-0.25, -0.2) is 4.79 Å². The van der Waals surface area contributed by atoms with Gasteiger partial charge in [-0.05, 0) is 44.9 Å². The number of nitrogens with one attached hydrogen (secondary N) is 2. The van der Waals surface area contributed by atoms with E-state index in [-0.39, 0.29) is 36.4 Å². The first kappa shape index (κ1) is 18.8. The zero-order valence-corrected chi connectivity index (χ0v) is 16.0. The van der Waals surface area contributed by atoms with E-state index in [1.165, 1.54) is 0 Å². The van der Waals surface area contributed by atoms with Crippen LogP contribution in [-0.2, 0) is 22.6 Å². The van der Waals surface area contributed by atoms with E-state index < -0.39 is 11.4 Å². The number of nitrogens with zero attached hydrogens (tertiary/aromatic N) is 2. The lowest BCUT2D eigenvalue weighted by molar-refractivity contribution is -0.134. The molecule has 0 radical (unpaired) electrons. The lowest BCUT2D eigenvalue weighted by atomic mass is 9.92. The molecule has 1 saturated heterocycles. The number of likely N-dealkylation sites (tertiary alicyclic amines) is 1. The zero-order chi connectivity index (χ0) is 19.9. The minimum absolute atomic E-state index is 0.0412. The third-order valence-corrected chi connectivity index (χ3v) is 6.55. The molecule has 9 heteroatoms. The highest BCUT2D eigenvalue weighted by Gasteiger charge is 2.52. The van der Waals surface area contributed by atoms with E-state index in [0.717, 1.165) is 44.2 Å². The van der Waals surface area contributed by atoms with Crippen LogP contribution < -0.4 is 16.7 Å². The maximum atomic E-state index is 13.1. The van der Waals surface area contributed by atoms with Crippen molar-refractivity contribution in [3.05, 3.63) is 21.9 Å². The first-order chi connectivity index (χ1) is 13.4. The van der Waals surface area contributed by atoms with E-state index in [0.29, 0.717) is 25.2 Å². The lowest BCUT2D eigenvalue weighted by Crippen LogP contribution is -2.54. The Morgan fingerprint density at radius 2 is 1.96 bits per heavy atom. The Morgan fingerprint density at radius 1 is 1.14 bits per heavy atom. The second kappa shape index (κ2) is 7.10. The van der Waals surface area contributed by atoms with Gasteiger partial charge in [-0.2, -0.15) is 0 Å². The summed E-state index contributed by atoms with van der Waals surface area (Å²) in [6.45, 7) is 1.21. The molecule has 3 heterocycles. The molecule has 3 amide bonds. The third kappa shape index (κ3) is 3.12. The summed E-state index contributed by atoms with van der Waals surface area (Å²) < 4.78 is 1.66. The molecule has 3 aliphatic rings. The second-order valence-corrected chi connectivity index (χ2v) is 8.18. The Hall–Kier alpha value is -2.58. The molecule has 0 bridgehead atoms. The van der Waals surface area contributed by atoms with Gasteiger partial charge in [0, 0.05) is 25.9 Å². The molecule has 9 nitrogen and oxygen atoms in total. The average Bonchev–Trinajstić information content (AvgIpc) is 3.31. The standard InChI is InChI=1S/C19H27N5O4/c20-14(25)6-7-15(26)24-11-9-19(8-3-5-13(19)24)22-17(27)16-12-4-1-2-10-23(12)18(28)21-16/h13H,1-11H2,(H2,20,25)(H,21,28)(H,22,27)/t13-,19+/m0/s1. The van der Waals surface area contributed by atoms with Crippen molar-refractivity contribution in [1.82, 2.24) is 19.8 Å². The molecule has 0 aromatic carbocycles. The van der Waals surface area contributed by atoms with E-state index >= 15 is 0 Å². The highest BCUT2D eigenvalue weighted by Crippen LogP contribution is 2.42. The fourth-order valence-corrected chi connectivity index (χ4v) is 5.20. The highest BCUT2D eigenvalue weighted by molar-refractivity contribution is 5.94. The number of carbonyl (C=O) groups is 3. The Morgan fingerprint density at radius 3 is 2.75 bits per heavy atom. The topological polar surface area (TPSA) is 130 Å². The van der Waals surface area contributed by atoms with Crippen molar-refractivity contribution in [1.29, 1.82) is 0 Å². The molecule has 28 heavy (non-hydrogen) atoms. The Labute approximate surface area is 162 Å². The summed E-state index contributed by atoms with van der Waals surface area (Å²) in [6, 6.07) is -0.0676. The molecule has 1 aromatic heterocycles. The maximum absolute atomic E-state index is 13.1. The molecule has 2 fully saturated rings. The number of rotatable bonds is 5. The van der Waals surface area contributed by atoms with Crippen LogP contribution in [0.1, 0.15) is 67.5 Å². The van der Waals surface area contributed by atoms with E-state index in [4.69, 9.17) is 5.73 Å². The molecule has 0 unspecified atom stereocenters. The van der Waals surface area contributed by atoms with Gasteiger partial charge < -0.3 is 20.9 Å². The summed E-state index contributed by atoms with van der Waals surface area (Å²) >= 11 is 0. The van der Waals surface area contributed by atoms with E-state index in [1.54, 1.807) is 9.47 Å². The van der Waals surface area contributed by atoms with Crippen molar-refractivity contribution in [2.75, 3.05) is 6.54 Å². The second-order valence-electron chi connectivity index (χ2n) is 8.18. The number of hydrogen-bond donors (Lipinski definition) is 3. The summed E-state index contributed by atoms with van der Waals surface area (Å²) in [5, 5.41) is 3.18. The van der Waals surface area contributed by atoms with Crippen LogP contribution in [0.3, 0.4) is 0 Å². The molecule has 1 aromatic rings. The number of H-pyrrole nitrogens is 1. The fourth-order valence-electron chi connectivity index (χ4n) is 5.20. The van der Waals surface area contributed by atoms with Crippen molar-refractivity contribution in [3.63, 3.8) is 0 Å². The monoisotopic (exact) mass is 389 g/mol. The first-order valence-corrected chi connectivity index (χ1v) is 10.1. The number of primary amides is 1. The summed E-state index contributed by atoms with van der Waals surface area (Å²) in [6.07, 6.45) is 6.02. The molecule has 152 valence electrons. The van der Waals surface area contributed by atoms with Crippen LogP contribution in [-0.4, -0.2) is 50.3 Å². The molecule has 4 rings (SSSR count). The van der Waals surface area contributed by atoms with Gasteiger partial charge in [-0.15, -0.1) is 0 Å². The van der Waals surface area contributed by atoms with Gasteiger partial charge in [0.05, 0.1) is 17.3 Å². The quantitative estimate of drug-likeness (QED) is 0.656. The number of carbonyl (C=O) groups excluding carboxylic acids is 3. The molecule has 2 aliphatic heterocycles. The Balaban J connectivity index is 1.51. The van der Waals surface area contributed by atoms with Crippen LogP contribution in [0.15, 0.2) is 4.79 Å².